The molecule has 2 rings (SSSR count). The summed E-state index contributed by atoms with van der Waals surface area (Å²) >= 11 is 6.00. The zero-order valence-corrected chi connectivity index (χ0v) is 12.0. The van der Waals surface area contributed by atoms with Crippen LogP contribution in [0.5, 0.6) is 0 Å². The van der Waals surface area contributed by atoms with E-state index in [9.17, 15) is 8.42 Å². The second kappa shape index (κ2) is 5.17. The molecule has 0 spiro atoms. The molecule has 0 saturated heterocycles. The Balaban J connectivity index is 2.42. The number of rotatable bonds is 5. The van der Waals surface area contributed by atoms with Gasteiger partial charge in [-0.2, -0.15) is 0 Å². The van der Waals surface area contributed by atoms with Crippen LogP contribution in [-0.4, -0.2) is 21.5 Å². The molecule has 0 radical (unpaired) electrons. The maximum atomic E-state index is 12.2. The highest BCUT2D eigenvalue weighted by molar-refractivity contribution is 7.89. The third-order valence-electron chi connectivity index (χ3n) is 2.99. The molecule has 1 aliphatic carbocycles. The van der Waals surface area contributed by atoms with E-state index in [0.717, 1.165) is 24.0 Å². The van der Waals surface area contributed by atoms with Crippen molar-refractivity contribution in [3.63, 3.8) is 0 Å². The summed E-state index contributed by atoms with van der Waals surface area (Å²) in [5.41, 5.74) is 1.66. The fourth-order valence-electron chi connectivity index (χ4n) is 1.85. The Labute approximate surface area is 113 Å². The van der Waals surface area contributed by atoms with Crippen LogP contribution in [0.25, 0.3) is 0 Å². The minimum atomic E-state index is -3.45. The van der Waals surface area contributed by atoms with Crippen LogP contribution in [0.3, 0.4) is 0 Å². The Morgan fingerprint density at radius 3 is 2.61 bits per heavy atom. The van der Waals surface area contributed by atoms with E-state index < -0.39 is 10.0 Å². The summed E-state index contributed by atoms with van der Waals surface area (Å²) in [7, 11) is -1.64. The second-order valence-electron chi connectivity index (χ2n) is 4.61. The van der Waals surface area contributed by atoms with E-state index in [2.05, 4.69) is 10.0 Å². The second-order valence-corrected chi connectivity index (χ2v) is 6.73. The average Bonchev–Trinajstić information content (AvgIpc) is 3.06. The Hall–Kier alpha value is -0.620. The number of benzene rings is 1. The normalized spacial score (nSPS) is 15.9. The van der Waals surface area contributed by atoms with Crippen molar-refractivity contribution in [2.75, 3.05) is 7.05 Å². The quantitative estimate of drug-likeness (QED) is 0.869. The van der Waals surface area contributed by atoms with Gasteiger partial charge in [0, 0.05) is 17.6 Å². The van der Waals surface area contributed by atoms with Gasteiger partial charge in [-0.3, -0.25) is 0 Å². The van der Waals surface area contributed by atoms with Gasteiger partial charge in [-0.15, -0.1) is 0 Å². The Bertz CT molecular complexity index is 553. The zero-order chi connectivity index (χ0) is 13.3. The van der Waals surface area contributed by atoms with Gasteiger partial charge in [0.25, 0.3) is 0 Å². The molecule has 1 fully saturated rings. The van der Waals surface area contributed by atoms with E-state index >= 15 is 0 Å². The first-order chi connectivity index (χ1) is 8.44. The lowest BCUT2D eigenvalue weighted by Crippen LogP contribution is -2.26. The molecule has 100 valence electrons. The molecular weight excluding hydrogens is 272 g/mol. The number of sulfonamides is 1. The van der Waals surface area contributed by atoms with Crippen molar-refractivity contribution in [3.05, 3.63) is 28.3 Å². The highest BCUT2D eigenvalue weighted by Crippen LogP contribution is 2.27. The predicted octanol–water partition coefficient (Wildman–Crippen LogP) is 1.81. The molecule has 0 unspecified atom stereocenters. The van der Waals surface area contributed by atoms with Crippen molar-refractivity contribution >= 4 is 21.6 Å². The van der Waals surface area contributed by atoms with Crippen molar-refractivity contribution in [2.45, 2.75) is 37.2 Å². The predicted molar refractivity (Wildman–Crippen MR) is 72.3 cm³/mol. The van der Waals surface area contributed by atoms with Crippen LogP contribution < -0.4 is 10.0 Å². The van der Waals surface area contributed by atoms with Gasteiger partial charge in [-0.25, -0.2) is 13.1 Å². The number of hydrogen-bond acceptors (Lipinski definition) is 3. The monoisotopic (exact) mass is 288 g/mol. The third kappa shape index (κ3) is 3.03. The molecule has 0 aromatic heterocycles. The Kier molecular flexibility index (Phi) is 3.96. The largest absolute Gasteiger partial charge is 0.316 e. The van der Waals surface area contributed by atoms with Gasteiger partial charge < -0.3 is 5.32 Å². The number of halogens is 1. The summed E-state index contributed by atoms with van der Waals surface area (Å²) in [6.45, 7) is 2.41. The summed E-state index contributed by atoms with van der Waals surface area (Å²) in [6.07, 6.45) is 1.84. The molecule has 1 saturated carbocycles. The van der Waals surface area contributed by atoms with Gasteiger partial charge in [-0.05, 0) is 50.1 Å². The number of hydrogen-bond donors (Lipinski definition) is 2. The molecule has 1 aromatic rings. The summed E-state index contributed by atoms with van der Waals surface area (Å²) in [6, 6.07) is 3.41. The first-order valence-corrected chi connectivity index (χ1v) is 7.76. The van der Waals surface area contributed by atoms with Crippen LogP contribution in [0.2, 0.25) is 5.02 Å². The first-order valence-electron chi connectivity index (χ1n) is 5.90. The molecule has 0 bridgehead atoms. The molecule has 0 aliphatic heterocycles. The SMILES string of the molecule is CNCc1cc(Cl)cc(S(=O)(=O)NC2CC2)c1C. The van der Waals surface area contributed by atoms with Gasteiger partial charge in [0.15, 0.2) is 0 Å². The topological polar surface area (TPSA) is 58.2 Å². The van der Waals surface area contributed by atoms with E-state index in [-0.39, 0.29) is 10.9 Å². The van der Waals surface area contributed by atoms with Crippen molar-refractivity contribution in [1.82, 2.24) is 10.0 Å². The van der Waals surface area contributed by atoms with Gasteiger partial charge in [0.1, 0.15) is 0 Å². The molecule has 0 heterocycles. The van der Waals surface area contributed by atoms with E-state index in [4.69, 9.17) is 11.6 Å². The summed E-state index contributed by atoms with van der Waals surface area (Å²) in [5, 5.41) is 3.46. The fraction of sp³-hybridized carbons (Fsp3) is 0.500. The fourth-order valence-corrected chi connectivity index (χ4v) is 3.77. The smallest absolute Gasteiger partial charge is 0.241 e. The Morgan fingerprint density at radius 1 is 1.39 bits per heavy atom. The van der Waals surface area contributed by atoms with Crippen LogP contribution >= 0.6 is 11.6 Å². The maximum Gasteiger partial charge on any atom is 0.241 e. The molecular formula is C12H17ClN2O2S. The highest BCUT2D eigenvalue weighted by Gasteiger charge is 2.29. The molecule has 0 atom stereocenters. The van der Waals surface area contributed by atoms with Crippen molar-refractivity contribution in [1.29, 1.82) is 0 Å². The van der Waals surface area contributed by atoms with Crippen LogP contribution in [0, 0.1) is 6.92 Å². The van der Waals surface area contributed by atoms with E-state index in [0.29, 0.717) is 11.6 Å². The molecule has 6 heteroatoms. The molecule has 2 N–H and O–H groups in total. The van der Waals surface area contributed by atoms with Crippen LogP contribution in [0.4, 0.5) is 0 Å². The maximum absolute atomic E-state index is 12.2. The van der Waals surface area contributed by atoms with E-state index in [1.165, 1.54) is 6.07 Å². The molecule has 1 aromatic carbocycles. The van der Waals surface area contributed by atoms with E-state index in [1.807, 2.05) is 14.0 Å². The lowest BCUT2D eigenvalue weighted by Gasteiger charge is -2.13. The summed E-state index contributed by atoms with van der Waals surface area (Å²) in [5.74, 6) is 0. The lowest BCUT2D eigenvalue weighted by atomic mass is 10.1. The zero-order valence-electron chi connectivity index (χ0n) is 10.5. The number of nitrogens with one attached hydrogen (secondary N) is 2. The van der Waals surface area contributed by atoms with Crippen LogP contribution in [0.15, 0.2) is 17.0 Å². The standard InChI is InChI=1S/C12H17ClN2O2S/c1-8-9(7-14-2)5-10(13)6-12(8)18(16,17)15-11-3-4-11/h5-6,11,14-15H,3-4,7H2,1-2H3. The minimum Gasteiger partial charge on any atom is -0.316 e. The summed E-state index contributed by atoms with van der Waals surface area (Å²) in [4.78, 5) is 0.284. The van der Waals surface area contributed by atoms with Crippen molar-refractivity contribution in [3.8, 4) is 0 Å². The lowest BCUT2D eigenvalue weighted by molar-refractivity contribution is 0.580. The van der Waals surface area contributed by atoms with Gasteiger partial charge >= 0.3 is 0 Å². The van der Waals surface area contributed by atoms with Gasteiger partial charge in [0.05, 0.1) is 4.90 Å². The van der Waals surface area contributed by atoms with Gasteiger partial charge in [-0.1, -0.05) is 11.6 Å². The van der Waals surface area contributed by atoms with Crippen LogP contribution in [-0.2, 0) is 16.6 Å². The van der Waals surface area contributed by atoms with Crippen molar-refractivity contribution < 1.29 is 8.42 Å². The molecule has 1 aliphatic rings. The third-order valence-corrected chi connectivity index (χ3v) is 4.85. The summed E-state index contributed by atoms with van der Waals surface area (Å²) < 4.78 is 27.1. The minimum absolute atomic E-state index is 0.0983. The average molecular weight is 289 g/mol. The molecule has 18 heavy (non-hydrogen) atoms. The molecule has 4 nitrogen and oxygen atoms in total. The Morgan fingerprint density at radius 2 is 2.06 bits per heavy atom. The first kappa shape index (κ1) is 13.8. The van der Waals surface area contributed by atoms with Crippen molar-refractivity contribution in [2.24, 2.45) is 0 Å². The van der Waals surface area contributed by atoms with E-state index in [1.54, 1.807) is 6.07 Å². The van der Waals surface area contributed by atoms with Gasteiger partial charge in [0.2, 0.25) is 10.0 Å². The van der Waals surface area contributed by atoms with Crippen LogP contribution in [0.1, 0.15) is 24.0 Å². The molecule has 0 amide bonds. The highest BCUT2D eigenvalue weighted by atomic mass is 35.5.